The van der Waals surface area contributed by atoms with Gasteiger partial charge >= 0.3 is 0 Å². The van der Waals surface area contributed by atoms with Gasteiger partial charge in [-0.1, -0.05) is 56.7 Å². The highest BCUT2D eigenvalue weighted by Crippen LogP contribution is 2.46. The second kappa shape index (κ2) is 8.33. The summed E-state index contributed by atoms with van der Waals surface area (Å²) >= 11 is 0. The van der Waals surface area contributed by atoms with E-state index in [-0.39, 0.29) is 5.41 Å². The predicted molar refractivity (Wildman–Crippen MR) is 111 cm³/mol. The standard InChI is InChI=1S/C23H28N4O2/c1-23(2)14-8-12-19(23)27-20(16-28-3)25-22(26-27)18-11-7-13-21(24-18)29-15-17-9-5-4-6-10-17/h4-7,9-11,13,19H,8,12,14-16H2,1-3H3. The molecule has 3 aromatic rings. The molecule has 4 rings (SSSR count). The largest absolute Gasteiger partial charge is 0.473 e. The Balaban J connectivity index is 1.59. The molecule has 1 aromatic carbocycles. The maximum atomic E-state index is 5.87. The van der Waals surface area contributed by atoms with Crippen molar-refractivity contribution in [3.05, 3.63) is 59.9 Å². The average Bonchev–Trinajstić information content (AvgIpc) is 3.30. The summed E-state index contributed by atoms with van der Waals surface area (Å²) in [5.74, 6) is 2.03. The van der Waals surface area contributed by atoms with E-state index in [1.165, 1.54) is 12.8 Å². The SMILES string of the molecule is COCc1nc(-c2cccc(OCc3ccccc3)n2)nn1C1CCCC1(C)C. The molecule has 152 valence electrons. The van der Waals surface area contributed by atoms with Crippen LogP contribution in [0.3, 0.4) is 0 Å². The quantitative estimate of drug-likeness (QED) is 0.577. The van der Waals surface area contributed by atoms with Crippen LogP contribution in [0, 0.1) is 5.41 Å². The lowest BCUT2D eigenvalue weighted by Crippen LogP contribution is -2.24. The normalized spacial score (nSPS) is 18.1. The zero-order valence-electron chi connectivity index (χ0n) is 17.3. The summed E-state index contributed by atoms with van der Waals surface area (Å²) in [4.78, 5) is 9.38. The topological polar surface area (TPSA) is 62.1 Å². The van der Waals surface area contributed by atoms with Gasteiger partial charge in [-0.2, -0.15) is 0 Å². The minimum absolute atomic E-state index is 0.196. The smallest absolute Gasteiger partial charge is 0.214 e. The number of aromatic nitrogens is 4. The van der Waals surface area contributed by atoms with Crippen LogP contribution in [0.15, 0.2) is 48.5 Å². The third-order valence-electron chi connectivity index (χ3n) is 5.65. The number of hydrogen-bond acceptors (Lipinski definition) is 5. The van der Waals surface area contributed by atoms with E-state index in [4.69, 9.17) is 19.6 Å². The van der Waals surface area contributed by atoms with Crippen LogP contribution < -0.4 is 4.74 Å². The number of pyridine rings is 1. The van der Waals surface area contributed by atoms with Crippen LogP contribution in [-0.4, -0.2) is 26.9 Å². The van der Waals surface area contributed by atoms with Crippen molar-refractivity contribution < 1.29 is 9.47 Å². The number of ether oxygens (including phenoxy) is 2. The van der Waals surface area contributed by atoms with Crippen molar-refractivity contribution in [3.63, 3.8) is 0 Å². The Labute approximate surface area is 171 Å². The second-order valence-electron chi connectivity index (χ2n) is 8.26. The van der Waals surface area contributed by atoms with Gasteiger partial charge in [0.15, 0.2) is 11.6 Å². The van der Waals surface area contributed by atoms with Crippen LogP contribution in [0.5, 0.6) is 5.88 Å². The molecule has 1 unspecified atom stereocenters. The fourth-order valence-corrected chi connectivity index (χ4v) is 4.05. The minimum atomic E-state index is 0.196. The van der Waals surface area contributed by atoms with Crippen molar-refractivity contribution in [1.82, 2.24) is 19.7 Å². The van der Waals surface area contributed by atoms with E-state index < -0.39 is 0 Å². The third-order valence-corrected chi connectivity index (χ3v) is 5.65. The van der Waals surface area contributed by atoms with E-state index in [1.807, 2.05) is 48.5 Å². The molecular formula is C23H28N4O2. The predicted octanol–water partition coefficient (Wildman–Crippen LogP) is 4.82. The summed E-state index contributed by atoms with van der Waals surface area (Å²) in [5.41, 5.74) is 2.01. The molecular weight excluding hydrogens is 364 g/mol. The highest BCUT2D eigenvalue weighted by molar-refractivity contribution is 5.49. The van der Waals surface area contributed by atoms with Gasteiger partial charge < -0.3 is 9.47 Å². The zero-order chi connectivity index (χ0) is 20.3. The lowest BCUT2D eigenvalue weighted by atomic mass is 9.87. The van der Waals surface area contributed by atoms with Gasteiger partial charge in [-0.25, -0.2) is 14.6 Å². The molecule has 1 atom stereocenters. The highest BCUT2D eigenvalue weighted by atomic mass is 16.5. The van der Waals surface area contributed by atoms with E-state index >= 15 is 0 Å². The Morgan fingerprint density at radius 1 is 1.03 bits per heavy atom. The number of hydrogen-bond donors (Lipinski definition) is 0. The van der Waals surface area contributed by atoms with Crippen molar-refractivity contribution >= 4 is 0 Å². The summed E-state index contributed by atoms with van der Waals surface area (Å²) < 4.78 is 13.3. The molecule has 0 N–H and O–H groups in total. The molecule has 0 saturated heterocycles. The van der Waals surface area contributed by atoms with E-state index in [0.29, 0.717) is 36.7 Å². The maximum absolute atomic E-state index is 5.87. The summed E-state index contributed by atoms with van der Waals surface area (Å²) in [5, 5.41) is 4.84. The Morgan fingerprint density at radius 3 is 2.59 bits per heavy atom. The molecule has 29 heavy (non-hydrogen) atoms. The van der Waals surface area contributed by atoms with Crippen molar-refractivity contribution in [2.75, 3.05) is 7.11 Å². The molecule has 0 spiro atoms. The first kappa shape index (κ1) is 19.6. The second-order valence-corrected chi connectivity index (χ2v) is 8.26. The first-order chi connectivity index (χ1) is 14.1. The van der Waals surface area contributed by atoms with E-state index in [1.54, 1.807) is 7.11 Å². The minimum Gasteiger partial charge on any atom is -0.473 e. The lowest BCUT2D eigenvalue weighted by Gasteiger charge is -2.27. The van der Waals surface area contributed by atoms with Gasteiger partial charge in [-0.05, 0) is 29.9 Å². The van der Waals surface area contributed by atoms with Crippen molar-refractivity contribution in [2.45, 2.75) is 52.4 Å². The molecule has 1 aliphatic carbocycles. The molecule has 0 aliphatic heterocycles. The number of benzene rings is 1. The van der Waals surface area contributed by atoms with Gasteiger partial charge in [-0.15, -0.1) is 5.10 Å². The Bertz CT molecular complexity index is 953. The van der Waals surface area contributed by atoms with E-state index in [0.717, 1.165) is 17.8 Å². The van der Waals surface area contributed by atoms with Gasteiger partial charge in [0, 0.05) is 13.2 Å². The molecule has 1 fully saturated rings. The summed E-state index contributed by atoms with van der Waals surface area (Å²) in [7, 11) is 1.69. The fraction of sp³-hybridized carbons (Fsp3) is 0.435. The van der Waals surface area contributed by atoms with E-state index in [9.17, 15) is 0 Å². The Morgan fingerprint density at radius 2 is 1.86 bits per heavy atom. The van der Waals surface area contributed by atoms with Crippen molar-refractivity contribution in [3.8, 4) is 17.4 Å². The Kier molecular flexibility index (Phi) is 5.62. The van der Waals surface area contributed by atoms with Gasteiger partial charge in [-0.3, -0.25) is 0 Å². The lowest BCUT2D eigenvalue weighted by molar-refractivity contribution is 0.159. The summed E-state index contributed by atoms with van der Waals surface area (Å²) in [6.07, 6.45) is 3.51. The van der Waals surface area contributed by atoms with Crippen LogP contribution in [-0.2, 0) is 18.0 Å². The maximum Gasteiger partial charge on any atom is 0.214 e. The number of methoxy groups -OCH3 is 1. The van der Waals surface area contributed by atoms with Crippen LogP contribution in [0.1, 0.15) is 50.5 Å². The van der Waals surface area contributed by atoms with Gasteiger partial charge in [0.2, 0.25) is 5.88 Å². The average molecular weight is 393 g/mol. The van der Waals surface area contributed by atoms with Crippen LogP contribution in [0.4, 0.5) is 0 Å². The molecule has 0 radical (unpaired) electrons. The molecule has 6 heteroatoms. The Hall–Kier alpha value is -2.73. The van der Waals surface area contributed by atoms with Crippen molar-refractivity contribution in [1.29, 1.82) is 0 Å². The van der Waals surface area contributed by atoms with Gasteiger partial charge in [0.05, 0.1) is 6.04 Å². The van der Waals surface area contributed by atoms with Crippen LogP contribution in [0.2, 0.25) is 0 Å². The zero-order valence-corrected chi connectivity index (χ0v) is 17.3. The molecule has 0 amide bonds. The number of nitrogens with zero attached hydrogens (tertiary/aromatic N) is 4. The molecule has 0 bridgehead atoms. The van der Waals surface area contributed by atoms with Crippen LogP contribution >= 0.6 is 0 Å². The summed E-state index contributed by atoms with van der Waals surface area (Å²) in [6, 6.07) is 16.1. The first-order valence-electron chi connectivity index (χ1n) is 10.2. The first-order valence-corrected chi connectivity index (χ1v) is 10.2. The molecule has 2 aromatic heterocycles. The van der Waals surface area contributed by atoms with Gasteiger partial charge in [0.25, 0.3) is 0 Å². The molecule has 2 heterocycles. The van der Waals surface area contributed by atoms with Gasteiger partial charge in [0.1, 0.15) is 18.9 Å². The third kappa shape index (κ3) is 4.32. The fourth-order valence-electron chi connectivity index (χ4n) is 4.05. The highest BCUT2D eigenvalue weighted by Gasteiger charge is 2.38. The number of rotatable bonds is 7. The summed E-state index contributed by atoms with van der Waals surface area (Å²) in [6.45, 7) is 5.52. The van der Waals surface area contributed by atoms with Crippen LogP contribution in [0.25, 0.3) is 11.5 Å². The van der Waals surface area contributed by atoms with Crippen molar-refractivity contribution in [2.24, 2.45) is 5.41 Å². The van der Waals surface area contributed by atoms with E-state index in [2.05, 4.69) is 23.5 Å². The monoisotopic (exact) mass is 392 g/mol. The molecule has 1 saturated carbocycles. The molecule has 1 aliphatic rings. The molecule has 6 nitrogen and oxygen atoms in total.